The second-order valence-corrected chi connectivity index (χ2v) is 4.91. The average Bonchev–Trinajstić information content (AvgIpc) is 2.53. The van der Waals surface area contributed by atoms with Crippen molar-refractivity contribution >= 4 is 5.95 Å². The van der Waals surface area contributed by atoms with Gasteiger partial charge in [0, 0.05) is 32.9 Å². The largest absolute Gasteiger partial charge is 0.345 e. The smallest absolute Gasteiger partial charge is 0.205 e. The molecule has 0 amide bonds. The molecule has 2 N–H and O–H groups in total. The van der Waals surface area contributed by atoms with Crippen LogP contribution in [0.3, 0.4) is 0 Å². The highest BCUT2D eigenvalue weighted by Gasteiger charge is 2.12. The lowest BCUT2D eigenvalue weighted by molar-refractivity contribution is 0.464. The zero-order valence-corrected chi connectivity index (χ0v) is 11.1. The molecule has 0 aliphatic rings. The molecule has 1 aromatic heterocycles. The second kappa shape index (κ2) is 5.34. The fourth-order valence-corrected chi connectivity index (χ4v) is 1.73. The number of anilines is 1. The van der Waals surface area contributed by atoms with Gasteiger partial charge in [-0.25, -0.2) is 4.98 Å². The topological polar surface area (TPSA) is 47.1 Å². The minimum absolute atomic E-state index is 0.267. The minimum Gasteiger partial charge on any atom is -0.345 e. The van der Waals surface area contributed by atoms with E-state index in [4.69, 9.17) is 5.73 Å². The van der Waals surface area contributed by atoms with Gasteiger partial charge in [-0.3, -0.25) is 0 Å². The van der Waals surface area contributed by atoms with E-state index < -0.39 is 0 Å². The number of aromatic nitrogens is 2. The van der Waals surface area contributed by atoms with Crippen LogP contribution in [0.15, 0.2) is 6.20 Å². The quantitative estimate of drug-likeness (QED) is 0.825. The molecule has 0 radical (unpaired) electrons. The summed E-state index contributed by atoms with van der Waals surface area (Å²) in [7, 11) is 4.09. The third kappa shape index (κ3) is 3.23. The van der Waals surface area contributed by atoms with Crippen molar-refractivity contribution in [3.8, 4) is 0 Å². The molecule has 4 heteroatoms. The highest BCUT2D eigenvalue weighted by atomic mass is 15.3. The maximum Gasteiger partial charge on any atom is 0.205 e. The first-order valence-corrected chi connectivity index (χ1v) is 5.88. The summed E-state index contributed by atoms with van der Waals surface area (Å²) in [4.78, 5) is 6.64. The maximum atomic E-state index is 6.03. The first kappa shape index (κ1) is 13.0. The van der Waals surface area contributed by atoms with Crippen LogP contribution < -0.4 is 10.6 Å². The van der Waals surface area contributed by atoms with E-state index in [-0.39, 0.29) is 6.04 Å². The van der Waals surface area contributed by atoms with Gasteiger partial charge < -0.3 is 15.2 Å². The Morgan fingerprint density at radius 3 is 2.56 bits per heavy atom. The molecule has 0 spiro atoms. The molecule has 1 atom stereocenters. The van der Waals surface area contributed by atoms with E-state index in [1.165, 1.54) is 0 Å². The summed E-state index contributed by atoms with van der Waals surface area (Å²) in [6.45, 7) is 7.28. The first-order chi connectivity index (χ1) is 7.41. The highest BCUT2D eigenvalue weighted by molar-refractivity contribution is 5.31. The van der Waals surface area contributed by atoms with Crippen molar-refractivity contribution in [1.29, 1.82) is 0 Å². The summed E-state index contributed by atoms with van der Waals surface area (Å²) in [5.74, 6) is 1.55. The summed E-state index contributed by atoms with van der Waals surface area (Å²) in [5, 5.41) is 0. The van der Waals surface area contributed by atoms with Gasteiger partial charge in [0.25, 0.3) is 0 Å². The highest BCUT2D eigenvalue weighted by Crippen LogP contribution is 2.12. The van der Waals surface area contributed by atoms with Gasteiger partial charge in [-0.05, 0) is 19.3 Å². The molecule has 0 saturated heterocycles. The van der Waals surface area contributed by atoms with Crippen LogP contribution in [0.2, 0.25) is 0 Å². The molecular formula is C12H24N4. The summed E-state index contributed by atoms with van der Waals surface area (Å²) in [5.41, 5.74) is 7.09. The van der Waals surface area contributed by atoms with E-state index in [0.717, 1.165) is 24.6 Å². The Hall–Kier alpha value is -1.03. The van der Waals surface area contributed by atoms with Gasteiger partial charge in [-0.15, -0.1) is 0 Å². The molecule has 1 aromatic rings. The normalized spacial score (nSPS) is 13.2. The summed E-state index contributed by atoms with van der Waals surface area (Å²) >= 11 is 0. The molecule has 16 heavy (non-hydrogen) atoms. The number of nitrogens with zero attached hydrogens (tertiary/aromatic N) is 3. The number of rotatable bonds is 5. The molecule has 0 aliphatic heterocycles. The maximum absolute atomic E-state index is 6.03. The van der Waals surface area contributed by atoms with Crippen LogP contribution in [0.4, 0.5) is 5.95 Å². The van der Waals surface area contributed by atoms with E-state index in [1.807, 2.05) is 20.2 Å². The molecule has 1 unspecified atom stereocenters. The number of nitrogens with two attached hydrogens (primary N) is 1. The molecule has 0 bridgehead atoms. The monoisotopic (exact) mass is 224 g/mol. The van der Waals surface area contributed by atoms with Gasteiger partial charge in [0.05, 0.1) is 5.69 Å². The molecule has 0 saturated carbocycles. The minimum atomic E-state index is 0.267. The van der Waals surface area contributed by atoms with Crippen LogP contribution >= 0.6 is 0 Å². The van der Waals surface area contributed by atoms with E-state index in [1.54, 1.807) is 0 Å². The van der Waals surface area contributed by atoms with E-state index in [0.29, 0.717) is 5.92 Å². The Kier molecular flexibility index (Phi) is 4.35. The third-order valence-corrected chi connectivity index (χ3v) is 2.97. The second-order valence-electron chi connectivity index (χ2n) is 4.91. The predicted octanol–water partition coefficient (Wildman–Crippen LogP) is 1.54. The molecule has 0 aliphatic carbocycles. The van der Waals surface area contributed by atoms with Crippen molar-refractivity contribution in [2.24, 2.45) is 18.7 Å². The van der Waals surface area contributed by atoms with Crippen molar-refractivity contribution in [3.63, 3.8) is 0 Å². The van der Waals surface area contributed by atoms with Crippen LogP contribution in [0.5, 0.6) is 0 Å². The lowest BCUT2D eigenvalue weighted by atomic mass is 10.0. The lowest BCUT2D eigenvalue weighted by Gasteiger charge is -2.22. The average molecular weight is 224 g/mol. The summed E-state index contributed by atoms with van der Waals surface area (Å²) in [6.07, 6.45) is 3.04. The lowest BCUT2D eigenvalue weighted by Crippen LogP contribution is -2.32. The van der Waals surface area contributed by atoms with Gasteiger partial charge in [0.2, 0.25) is 5.95 Å². The molecule has 92 valence electrons. The molecule has 0 fully saturated rings. The Balaban J connectivity index is 2.53. The molecular weight excluding hydrogens is 200 g/mol. The zero-order chi connectivity index (χ0) is 12.3. The zero-order valence-electron chi connectivity index (χ0n) is 11.1. The Morgan fingerprint density at radius 2 is 2.12 bits per heavy atom. The van der Waals surface area contributed by atoms with Gasteiger partial charge in [-0.1, -0.05) is 13.8 Å². The van der Waals surface area contributed by atoms with Gasteiger partial charge >= 0.3 is 0 Å². The fourth-order valence-electron chi connectivity index (χ4n) is 1.73. The van der Waals surface area contributed by atoms with E-state index in [9.17, 15) is 0 Å². The van der Waals surface area contributed by atoms with Crippen LogP contribution in [-0.4, -0.2) is 29.2 Å². The Bertz CT molecular complexity index is 330. The van der Waals surface area contributed by atoms with Gasteiger partial charge in [-0.2, -0.15) is 0 Å². The number of imidazole rings is 1. The van der Waals surface area contributed by atoms with Crippen molar-refractivity contribution < 1.29 is 0 Å². The van der Waals surface area contributed by atoms with Crippen LogP contribution in [-0.2, 0) is 7.05 Å². The van der Waals surface area contributed by atoms with Crippen molar-refractivity contribution in [1.82, 2.24) is 9.55 Å². The van der Waals surface area contributed by atoms with Crippen molar-refractivity contribution in [2.75, 3.05) is 18.5 Å². The van der Waals surface area contributed by atoms with E-state index >= 15 is 0 Å². The molecule has 4 nitrogen and oxygen atoms in total. The van der Waals surface area contributed by atoms with Crippen LogP contribution in [0, 0.1) is 12.8 Å². The Labute approximate surface area is 98.5 Å². The molecule has 1 heterocycles. The third-order valence-electron chi connectivity index (χ3n) is 2.97. The van der Waals surface area contributed by atoms with E-state index in [2.05, 4.69) is 35.3 Å². The fraction of sp³-hybridized carbons (Fsp3) is 0.750. The van der Waals surface area contributed by atoms with Gasteiger partial charge in [0.1, 0.15) is 0 Å². The van der Waals surface area contributed by atoms with Gasteiger partial charge in [0.15, 0.2) is 0 Å². The standard InChI is InChI=1S/C12H24N4/c1-9(2)11(13)6-7-15(4)12-14-10(3)8-16(12)5/h8-9,11H,6-7,13H2,1-5H3. The first-order valence-electron chi connectivity index (χ1n) is 5.88. The number of hydrogen-bond acceptors (Lipinski definition) is 3. The van der Waals surface area contributed by atoms with Crippen LogP contribution in [0.25, 0.3) is 0 Å². The molecule has 1 rings (SSSR count). The Morgan fingerprint density at radius 1 is 1.50 bits per heavy atom. The number of hydrogen-bond donors (Lipinski definition) is 1. The van der Waals surface area contributed by atoms with Crippen molar-refractivity contribution in [3.05, 3.63) is 11.9 Å². The van der Waals surface area contributed by atoms with Crippen LogP contribution in [0.1, 0.15) is 26.0 Å². The SMILES string of the molecule is Cc1cn(C)c(N(C)CCC(N)C(C)C)n1. The van der Waals surface area contributed by atoms with Crippen molar-refractivity contribution in [2.45, 2.75) is 33.2 Å². The predicted molar refractivity (Wildman–Crippen MR) is 68.6 cm³/mol. The number of aryl methyl sites for hydroxylation is 2. The summed E-state index contributed by atoms with van der Waals surface area (Å²) < 4.78 is 2.05. The summed E-state index contributed by atoms with van der Waals surface area (Å²) in [6, 6.07) is 0.267. The molecule has 0 aromatic carbocycles.